The van der Waals surface area contributed by atoms with Crippen LogP contribution < -0.4 is 21.7 Å². The Labute approximate surface area is 323 Å². The Morgan fingerprint density at radius 3 is 2.02 bits per heavy atom. The van der Waals surface area contributed by atoms with E-state index in [2.05, 4.69) is 36.7 Å². The Bertz CT molecular complexity index is 1250. The van der Waals surface area contributed by atoms with E-state index in [-0.39, 0.29) is 17.4 Å². The van der Waals surface area contributed by atoms with Gasteiger partial charge in [-0.2, -0.15) is 21.6 Å². The van der Waals surface area contributed by atoms with E-state index in [9.17, 15) is 31.2 Å². The first kappa shape index (κ1) is 47.3. The fourth-order valence-corrected chi connectivity index (χ4v) is 11.8. The lowest BCUT2D eigenvalue weighted by Crippen LogP contribution is -2.59. The number of aliphatic hydroxyl groups excluding tert-OH is 1. The zero-order chi connectivity index (χ0) is 40.3. The van der Waals surface area contributed by atoms with Gasteiger partial charge in [-0.1, -0.05) is 34.6 Å². The maximum Gasteiger partial charge on any atom is 0.490 e. The molecule has 15 heteroatoms. The second kappa shape index (κ2) is 21.1. The van der Waals surface area contributed by atoms with Crippen molar-refractivity contribution in [2.75, 3.05) is 39.3 Å². The first-order chi connectivity index (χ1) is 25.2. The molecule has 0 saturated heterocycles. The van der Waals surface area contributed by atoms with Crippen LogP contribution in [-0.2, 0) is 19.4 Å². The molecule has 0 spiro atoms. The van der Waals surface area contributed by atoms with E-state index in [1.807, 2.05) is 13.8 Å². The van der Waals surface area contributed by atoms with E-state index < -0.39 is 28.6 Å². The van der Waals surface area contributed by atoms with Crippen molar-refractivity contribution in [3.63, 3.8) is 0 Å². The lowest BCUT2D eigenvalue weighted by Gasteiger charge is -2.62. The first-order valence-electron chi connectivity index (χ1n) is 20.7. The molecule has 4 rings (SSSR count). The molecule has 0 radical (unpaired) electrons. The molecule has 4 fully saturated rings. The molecule has 0 amide bonds. The van der Waals surface area contributed by atoms with Crippen molar-refractivity contribution in [1.29, 1.82) is 0 Å². The number of carboxylic acid groups (broad SMARTS) is 1. The predicted molar refractivity (Wildman–Crippen MR) is 205 cm³/mol. The highest BCUT2D eigenvalue weighted by Gasteiger charge is 2.62. The number of aliphatic hydroxyl groups is 1. The van der Waals surface area contributed by atoms with E-state index in [4.69, 9.17) is 19.8 Å². The highest BCUT2D eigenvalue weighted by atomic mass is 32.3. The first-order valence-corrected chi connectivity index (χ1v) is 22.1. The van der Waals surface area contributed by atoms with Crippen molar-refractivity contribution in [3.05, 3.63) is 0 Å². The summed E-state index contributed by atoms with van der Waals surface area (Å²) in [6.45, 7) is 17.4. The second-order valence-corrected chi connectivity index (χ2v) is 18.9. The van der Waals surface area contributed by atoms with Gasteiger partial charge >= 0.3 is 22.5 Å². The molecule has 318 valence electrons. The third-order valence-electron chi connectivity index (χ3n) is 14.1. The summed E-state index contributed by atoms with van der Waals surface area (Å²) in [5.74, 6) is 0.441. The van der Waals surface area contributed by atoms with Crippen LogP contribution in [-0.4, -0.2) is 92.8 Å². The zero-order valence-electron chi connectivity index (χ0n) is 33.5. The van der Waals surface area contributed by atoms with Crippen LogP contribution >= 0.6 is 0 Å². The number of hydrogen-bond donors (Lipinski definition) is 7. The number of fused-ring (bicyclic) bond motifs is 5. The standard InChI is InChI=1S/C37H72N4O5S.C2HF3O2/c1-26(2)34(46-47(43,44)45)13-10-27(3)30-11-12-31-35-32(15-17-37(30,31)5)36(4)16-14-29(24-28(36)25-33(35)42)41-23-9-22-40-20-7-6-19-39-21-8-18-38;3-2(4,5)1(6)7/h26-35,39-42H,6-25,38H2,1-5H3,(H,43,44,45);(H,6,7)/t27-,28-,29+,30-,31+,32+,33+,34-,35+,36+,37-;/m1./s1. The SMILES string of the molecule is CC(C)[C@@H](CC[C@@H](C)[C@H]1CC[C@H]2[C@@H]3[C@@H](O)C[C@H]4C[C@@H](NCCCNCCCCNCCCN)CC[C@]4(C)[C@H]3CC[C@]12C)OS(=O)(=O)O.O=C(O)C(F)(F)F. The molecule has 4 aliphatic carbocycles. The van der Waals surface area contributed by atoms with Gasteiger partial charge in [-0.15, -0.1) is 0 Å². The highest BCUT2D eigenvalue weighted by molar-refractivity contribution is 7.80. The zero-order valence-corrected chi connectivity index (χ0v) is 34.3. The summed E-state index contributed by atoms with van der Waals surface area (Å²) in [6.07, 6.45) is 9.89. The molecule has 0 unspecified atom stereocenters. The van der Waals surface area contributed by atoms with Crippen molar-refractivity contribution in [2.45, 2.75) is 149 Å². The molecule has 0 aromatic carbocycles. The molecular weight excluding hydrogens is 726 g/mol. The molecule has 0 aromatic rings. The van der Waals surface area contributed by atoms with Gasteiger partial charge in [0.1, 0.15) is 0 Å². The van der Waals surface area contributed by atoms with Crippen LogP contribution in [0.15, 0.2) is 0 Å². The summed E-state index contributed by atoms with van der Waals surface area (Å²) < 4.78 is 68.9. The monoisotopic (exact) mass is 799 g/mol. The maximum atomic E-state index is 11.8. The third-order valence-corrected chi connectivity index (χ3v) is 14.5. The average Bonchev–Trinajstić information content (AvgIpc) is 3.44. The predicted octanol–water partition coefficient (Wildman–Crippen LogP) is 6.17. The van der Waals surface area contributed by atoms with Crippen molar-refractivity contribution >= 4 is 16.4 Å². The lowest BCUT2D eigenvalue weighted by molar-refractivity contribution is -0.192. The fraction of sp³-hybridized carbons (Fsp3) is 0.974. The van der Waals surface area contributed by atoms with Crippen LogP contribution in [0.4, 0.5) is 13.2 Å². The van der Waals surface area contributed by atoms with Crippen molar-refractivity contribution in [3.8, 4) is 0 Å². The van der Waals surface area contributed by atoms with Crippen LogP contribution in [0.1, 0.15) is 125 Å². The number of alkyl halides is 3. The number of rotatable bonds is 20. The van der Waals surface area contributed by atoms with Gasteiger partial charge in [0.2, 0.25) is 0 Å². The Morgan fingerprint density at radius 1 is 0.870 bits per heavy atom. The van der Waals surface area contributed by atoms with Gasteiger partial charge in [-0.3, -0.25) is 4.55 Å². The van der Waals surface area contributed by atoms with Gasteiger partial charge in [-0.05, 0) is 181 Å². The van der Waals surface area contributed by atoms with Gasteiger partial charge in [0.05, 0.1) is 12.2 Å². The Hall–Kier alpha value is -1.07. The van der Waals surface area contributed by atoms with Gasteiger partial charge in [-0.25, -0.2) is 8.98 Å². The number of nitrogens with one attached hydrogen (secondary N) is 3. The number of aliphatic carboxylic acids is 1. The molecule has 0 heterocycles. The minimum absolute atomic E-state index is 0.0137. The van der Waals surface area contributed by atoms with Gasteiger partial charge in [0.15, 0.2) is 0 Å². The second-order valence-electron chi connectivity index (χ2n) is 17.8. The lowest BCUT2D eigenvalue weighted by atomic mass is 9.43. The molecule has 0 aromatic heterocycles. The number of halogens is 3. The van der Waals surface area contributed by atoms with Crippen LogP contribution in [0.25, 0.3) is 0 Å². The molecule has 8 N–H and O–H groups in total. The van der Waals surface area contributed by atoms with E-state index in [0.29, 0.717) is 53.4 Å². The minimum Gasteiger partial charge on any atom is -0.475 e. The van der Waals surface area contributed by atoms with Gasteiger partial charge < -0.3 is 31.9 Å². The van der Waals surface area contributed by atoms with Gasteiger partial charge in [0.25, 0.3) is 0 Å². The molecule has 4 aliphatic rings. The number of carbonyl (C=O) groups is 1. The number of hydrogen-bond acceptors (Lipinski definition) is 9. The van der Waals surface area contributed by atoms with E-state index in [1.165, 1.54) is 57.8 Å². The molecule has 11 atom stereocenters. The van der Waals surface area contributed by atoms with Crippen molar-refractivity contribution in [1.82, 2.24) is 16.0 Å². The summed E-state index contributed by atoms with van der Waals surface area (Å²) in [7, 11) is -4.46. The molecule has 4 saturated carbocycles. The number of carboxylic acids is 1. The molecule has 54 heavy (non-hydrogen) atoms. The summed E-state index contributed by atoms with van der Waals surface area (Å²) in [6, 6.07) is 0.571. The van der Waals surface area contributed by atoms with Crippen LogP contribution in [0, 0.1) is 52.3 Å². The summed E-state index contributed by atoms with van der Waals surface area (Å²) in [5.41, 5.74) is 6.08. The average molecular weight is 799 g/mol. The smallest absolute Gasteiger partial charge is 0.475 e. The minimum atomic E-state index is -5.08. The third kappa shape index (κ3) is 13.2. The topological polar surface area (TPSA) is 183 Å². The maximum absolute atomic E-state index is 11.8. The normalized spacial score (nSPS) is 33.6. The van der Waals surface area contributed by atoms with Crippen LogP contribution in [0.2, 0.25) is 0 Å². The van der Waals surface area contributed by atoms with Gasteiger partial charge in [0, 0.05) is 6.04 Å². The van der Waals surface area contributed by atoms with Crippen molar-refractivity contribution in [2.24, 2.45) is 58.0 Å². The number of nitrogens with two attached hydrogens (primary N) is 1. The van der Waals surface area contributed by atoms with E-state index in [1.54, 1.807) is 0 Å². The number of unbranched alkanes of at least 4 members (excludes halogenated alkanes) is 1. The Morgan fingerprint density at radius 2 is 1.44 bits per heavy atom. The van der Waals surface area contributed by atoms with Crippen molar-refractivity contribution < 1.29 is 45.3 Å². The molecule has 0 aliphatic heterocycles. The van der Waals surface area contributed by atoms with Crippen LogP contribution in [0.5, 0.6) is 0 Å². The fourth-order valence-electron chi connectivity index (χ4n) is 11.2. The van der Waals surface area contributed by atoms with E-state index >= 15 is 0 Å². The molecular formula is C39H73F3N4O7S. The van der Waals surface area contributed by atoms with Crippen LogP contribution in [0.3, 0.4) is 0 Å². The Balaban J connectivity index is 0.00000102. The summed E-state index contributed by atoms with van der Waals surface area (Å²) in [4.78, 5) is 8.90. The summed E-state index contributed by atoms with van der Waals surface area (Å²) >= 11 is 0. The summed E-state index contributed by atoms with van der Waals surface area (Å²) in [5, 5.41) is 29.9. The highest BCUT2D eigenvalue weighted by Crippen LogP contribution is 2.68. The Kier molecular flexibility index (Phi) is 18.5. The largest absolute Gasteiger partial charge is 0.490 e. The molecule has 11 nitrogen and oxygen atoms in total. The van der Waals surface area contributed by atoms with E-state index in [0.717, 1.165) is 65.0 Å². The quantitative estimate of drug-likeness (QED) is 0.0553. The molecule has 0 bridgehead atoms.